The van der Waals surface area contributed by atoms with E-state index in [9.17, 15) is 30.6 Å². The molecule has 22 atom stereocenters. The summed E-state index contributed by atoms with van der Waals surface area (Å²) in [6, 6.07) is 0. The van der Waals surface area contributed by atoms with Gasteiger partial charge in [-0.2, -0.15) is 0 Å². The first-order valence-corrected chi connectivity index (χ1v) is 19.4. The number of ether oxygens (including phenoxy) is 11. The second-order valence-corrected chi connectivity index (χ2v) is 15.7. The highest BCUT2D eigenvalue weighted by Crippen LogP contribution is 2.35. The molecule has 6 saturated heterocycles. The molecule has 0 unspecified atom stereocenters. The van der Waals surface area contributed by atoms with Crippen LogP contribution < -0.4 is 0 Å². The Bertz CT molecular complexity index is 1110. The summed E-state index contributed by atoms with van der Waals surface area (Å²) in [7, 11) is 0. The second kappa shape index (κ2) is 18.3. The third-order valence-electron chi connectivity index (χ3n) is 11.4. The third kappa shape index (κ3) is 10.4. The zero-order chi connectivity index (χ0) is 38.1. The molecule has 6 rings (SSSR count). The van der Waals surface area contributed by atoms with Gasteiger partial charge in [0.2, 0.25) is 0 Å². The van der Waals surface area contributed by atoms with Gasteiger partial charge in [-0.25, -0.2) is 0 Å². The Morgan fingerprint density at radius 2 is 0.792 bits per heavy atom. The molecule has 0 aliphatic carbocycles. The van der Waals surface area contributed by atoms with Crippen LogP contribution in [0.25, 0.3) is 0 Å². The lowest BCUT2D eigenvalue weighted by Crippen LogP contribution is -2.56. The Kier molecular flexibility index (Phi) is 14.5. The van der Waals surface area contributed by atoms with E-state index in [1.165, 1.54) is 0 Å². The number of aliphatic hydroxyl groups excluding tert-OH is 6. The monoisotopic (exact) mass is 766 g/mol. The van der Waals surface area contributed by atoms with Crippen LogP contribution in [-0.2, 0) is 52.1 Å². The summed E-state index contributed by atoms with van der Waals surface area (Å²) >= 11 is 0. The lowest BCUT2D eigenvalue weighted by Gasteiger charge is -2.45. The largest absolute Gasteiger partial charge is 0.390 e. The second-order valence-electron chi connectivity index (χ2n) is 15.7. The summed E-state index contributed by atoms with van der Waals surface area (Å²) in [4.78, 5) is 0. The van der Waals surface area contributed by atoms with Crippen molar-refractivity contribution in [1.29, 1.82) is 0 Å². The molecule has 6 N–H and O–H groups in total. The van der Waals surface area contributed by atoms with Crippen molar-refractivity contribution in [2.75, 3.05) is 0 Å². The van der Waals surface area contributed by atoms with Crippen LogP contribution >= 0.6 is 0 Å². The minimum atomic E-state index is -1.06. The molecule has 0 amide bonds. The van der Waals surface area contributed by atoms with Crippen LogP contribution in [0.3, 0.4) is 0 Å². The van der Waals surface area contributed by atoms with Crippen molar-refractivity contribution >= 4 is 0 Å². The molecule has 0 aromatic rings. The first kappa shape index (κ1) is 41.9. The third-order valence-corrected chi connectivity index (χ3v) is 11.4. The Balaban J connectivity index is 0.961. The molecule has 17 heteroatoms. The fraction of sp³-hybridized carbons (Fsp3) is 1.00. The van der Waals surface area contributed by atoms with Crippen LogP contribution in [0.4, 0.5) is 0 Å². The molecule has 0 saturated carbocycles. The van der Waals surface area contributed by atoms with Crippen molar-refractivity contribution in [1.82, 2.24) is 0 Å². The fourth-order valence-electron chi connectivity index (χ4n) is 8.19. The smallest absolute Gasteiger partial charge is 0.161 e. The van der Waals surface area contributed by atoms with Gasteiger partial charge in [0.25, 0.3) is 0 Å². The van der Waals surface area contributed by atoms with Crippen molar-refractivity contribution < 1.29 is 82.7 Å². The molecule has 0 spiro atoms. The van der Waals surface area contributed by atoms with E-state index in [-0.39, 0.29) is 37.9 Å². The highest BCUT2D eigenvalue weighted by molar-refractivity contribution is 4.89. The first-order valence-electron chi connectivity index (χ1n) is 19.4. The topological polar surface area (TPSA) is 223 Å². The van der Waals surface area contributed by atoms with E-state index >= 15 is 0 Å². The molecule has 6 fully saturated rings. The summed E-state index contributed by atoms with van der Waals surface area (Å²) in [6.07, 6.45) is -12.2. The first-order chi connectivity index (χ1) is 25.1. The standard InChI is InChI=1S/C36H62O17/c1-15-21(37)7-9-29(44-15)52-36-20(6)48-30(12-23(36)39)51-26-13-31(46-17(3)34(26)42)49-24-8-10-28(45-16(24)2)50-25-14-32(47-18(4)33(25)41)53-35-19(5)43-27(40)11-22(35)38/h15-42H,7-14H2,1-6H3/t15-,16-,17+,18+,19+,20+,21-,22+,23+,24-,25+,26+,27+,28-,29-,30-,31-,32-,33+,34+,35+,36+/m0/s1. The van der Waals surface area contributed by atoms with Crippen LogP contribution in [-0.4, -0.2) is 166 Å². The fourth-order valence-corrected chi connectivity index (χ4v) is 8.19. The van der Waals surface area contributed by atoms with Gasteiger partial charge in [0.1, 0.15) is 24.4 Å². The molecule has 6 aliphatic heterocycles. The number of rotatable bonds is 10. The normalized spacial score (nSPS) is 53.0. The van der Waals surface area contributed by atoms with Crippen molar-refractivity contribution in [3.63, 3.8) is 0 Å². The molecule has 6 heterocycles. The molecule has 0 aromatic heterocycles. The van der Waals surface area contributed by atoms with Crippen LogP contribution in [0.1, 0.15) is 92.9 Å². The summed E-state index contributed by atoms with van der Waals surface area (Å²) in [5, 5.41) is 63.1. The lowest BCUT2D eigenvalue weighted by molar-refractivity contribution is -0.340. The minimum absolute atomic E-state index is 0.0227. The highest BCUT2D eigenvalue weighted by Gasteiger charge is 2.46. The molecule has 6 aliphatic rings. The molecule has 0 radical (unpaired) electrons. The maximum atomic E-state index is 11.0. The van der Waals surface area contributed by atoms with Gasteiger partial charge in [0, 0.05) is 38.5 Å². The summed E-state index contributed by atoms with van der Waals surface area (Å²) in [6.45, 7) is 10.6. The SMILES string of the molecule is C[C@@H]1O[C@@H](O[C@@H]2C[C@H](O[C@H]3[C@H](O)C[C@H](O)O[C@@H]3C)O[C@H](C)[C@H]2O)CC[C@@H]1O[C@H]1C[C@@H](O[C@H]2C[C@@H](O)[C@H](O[C@H]3CC[C@H](O)[C@H](C)O3)[C@@H](C)O2)[C@H](O)[C@@H](C)O1. The summed E-state index contributed by atoms with van der Waals surface area (Å²) in [5.41, 5.74) is 0. The summed E-state index contributed by atoms with van der Waals surface area (Å²) in [5.74, 6) is 0. The maximum absolute atomic E-state index is 11.0. The van der Waals surface area contributed by atoms with Gasteiger partial charge in [-0.05, 0) is 54.4 Å². The maximum Gasteiger partial charge on any atom is 0.161 e. The Hall–Kier alpha value is -0.680. The minimum Gasteiger partial charge on any atom is -0.390 e. The molecule has 53 heavy (non-hydrogen) atoms. The average Bonchev–Trinajstić information content (AvgIpc) is 3.08. The van der Waals surface area contributed by atoms with Gasteiger partial charge in [-0.1, -0.05) is 0 Å². The zero-order valence-electron chi connectivity index (χ0n) is 31.5. The van der Waals surface area contributed by atoms with E-state index in [1.54, 1.807) is 34.6 Å². The Morgan fingerprint density at radius 1 is 0.358 bits per heavy atom. The van der Waals surface area contributed by atoms with Gasteiger partial charge in [0.05, 0.1) is 73.2 Å². The highest BCUT2D eigenvalue weighted by atomic mass is 16.8. The molecular formula is C36H62O17. The Morgan fingerprint density at radius 3 is 1.38 bits per heavy atom. The lowest BCUT2D eigenvalue weighted by atomic mass is 9.99. The van der Waals surface area contributed by atoms with E-state index in [0.29, 0.717) is 25.7 Å². The zero-order valence-corrected chi connectivity index (χ0v) is 31.5. The van der Waals surface area contributed by atoms with Gasteiger partial charge in [0.15, 0.2) is 37.7 Å². The average molecular weight is 767 g/mol. The van der Waals surface area contributed by atoms with Crippen LogP contribution in [0.5, 0.6) is 0 Å². The number of hydrogen-bond donors (Lipinski definition) is 6. The predicted molar refractivity (Wildman–Crippen MR) is 180 cm³/mol. The molecule has 308 valence electrons. The van der Waals surface area contributed by atoms with E-state index in [0.717, 1.165) is 0 Å². The van der Waals surface area contributed by atoms with Gasteiger partial charge in [-0.15, -0.1) is 0 Å². The number of aliphatic hydroxyl groups is 6. The summed E-state index contributed by atoms with van der Waals surface area (Å²) < 4.78 is 66.3. The van der Waals surface area contributed by atoms with Crippen molar-refractivity contribution in [2.45, 2.75) is 228 Å². The quantitative estimate of drug-likeness (QED) is 0.176. The van der Waals surface area contributed by atoms with E-state index in [4.69, 9.17) is 52.1 Å². The van der Waals surface area contributed by atoms with Crippen molar-refractivity contribution in [3.05, 3.63) is 0 Å². The van der Waals surface area contributed by atoms with Gasteiger partial charge < -0.3 is 82.7 Å². The van der Waals surface area contributed by atoms with Crippen LogP contribution in [0.15, 0.2) is 0 Å². The van der Waals surface area contributed by atoms with E-state index in [1.807, 2.05) is 6.92 Å². The molecule has 17 nitrogen and oxygen atoms in total. The van der Waals surface area contributed by atoms with Crippen LogP contribution in [0, 0.1) is 0 Å². The predicted octanol–water partition coefficient (Wildman–Crippen LogP) is 0.299. The van der Waals surface area contributed by atoms with Crippen molar-refractivity contribution in [2.24, 2.45) is 0 Å². The molecule has 0 bridgehead atoms. The number of hydrogen-bond acceptors (Lipinski definition) is 17. The van der Waals surface area contributed by atoms with Gasteiger partial charge >= 0.3 is 0 Å². The van der Waals surface area contributed by atoms with Crippen LogP contribution in [0.2, 0.25) is 0 Å². The van der Waals surface area contributed by atoms with E-state index < -0.39 is 123 Å². The molecular weight excluding hydrogens is 704 g/mol. The van der Waals surface area contributed by atoms with Gasteiger partial charge in [-0.3, -0.25) is 0 Å². The van der Waals surface area contributed by atoms with E-state index in [2.05, 4.69) is 0 Å². The van der Waals surface area contributed by atoms with Crippen molar-refractivity contribution in [3.8, 4) is 0 Å². The Labute approximate surface area is 310 Å². The molecule has 0 aromatic carbocycles.